The number of nitrogens with one attached hydrogen (secondary N) is 1. The van der Waals surface area contributed by atoms with Crippen LogP contribution in [0.15, 0.2) is 66.5 Å². The number of hydrogen-bond donors (Lipinski definition) is 1. The van der Waals surface area contributed by atoms with Crippen molar-refractivity contribution in [1.29, 1.82) is 0 Å². The monoisotopic (exact) mass is 413 g/mol. The van der Waals surface area contributed by atoms with Crippen molar-refractivity contribution in [3.8, 4) is 22.4 Å². The molecular weight excluding hydrogens is 385 g/mol. The Balaban J connectivity index is 1.63. The molecule has 2 aliphatic rings. The number of aromatic amines is 1. The van der Waals surface area contributed by atoms with Crippen molar-refractivity contribution in [3.05, 3.63) is 83.6 Å². The Morgan fingerprint density at radius 3 is 2.61 bits per heavy atom. The zero-order valence-electron chi connectivity index (χ0n) is 18.2. The van der Waals surface area contributed by atoms with Crippen LogP contribution in [-0.4, -0.2) is 34.0 Å². The molecule has 1 saturated heterocycles. The fourth-order valence-electron chi connectivity index (χ4n) is 5.14. The van der Waals surface area contributed by atoms with Crippen LogP contribution in [0.25, 0.3) is 28.0 Å². The molecule has 1 fully saturated rings. The summed E-state index contributed by atoms with van der Waals surface area (Å²) in [6.45, 7) is 6.56. The Kier molecular flexibility index (Phi) is 5.33. The predicted octanol–water partition coefficient (Wildman–Crippen LogP) is 6.39. The highest BCUT2D eigenvalue weighted by atomic mass is 19.1. The molecule has 2 aliphatic heterocycles. The first-order valence-corrected chi connectivity index (χ1v) is 11.2. The van der Waals surface area contributed by atoms with Crippen LogP contribution in [-0.2, 0) is 0 Å². The lowest BCUT2D eigenvalue weighted by Crippen LogP contribution is -2.32. The number of allylic oxidation sites excluding steroid dienone is 1. The lowest BCUT2D eigenvalue weighted by Gasteiger charge is -2.28. The van der Waals surface area contributed by atoms with E-state index in [1.165, 1.54) is 28.8 Å². The summed E-state index contributed by atoms with van der Waals surface area (Å²) in [6.07, 6.45) is 11.8. The van der Waals surface area contributed by atoms with Gasteiger partial charge < -0.3 is 4.98 Å². The average molecular weight is 414 g/mol. The minimum Gasteiger partial charge on any atom is -0.358 e. The van der Waals surface area contributed by atoms with Gasteiger partial charge in [-0.1, -0.05) is 24.6 Å². The topological polar surface area (TPSA) is 31.9 Å². The lowest BCUT2D eigenvalue weighted by molar-refractivity contribution is 0.290. The first-order chi connectivity index (χ1) is 15.1. The number of nitrogens with zero attached hydrogens (tertiary/aromatic N) is 2. The minimum atomic E-state index is -0.218. The van der Waals surface area contributed by atoms with Gasteiger partial charge in [-0.2, -0.15) is 0 Å². The summed E-state index contributed by atoms with van der Waals surface area (Å²) in [7, 11) is 0. The Hall–Kier alpha value is -2.98. The fraction of sp³-hybridized carbons (Fsp3) is 0.296. The van der Waals surface area contributed by atoms with Gasteiger partial charge in [0.25, 0.3) is 0 Å². The summed E-state index contributed by atoms with van der Waals surface area (Å²) in [5.41, 5.74) is 9.79. The third-order valence-corrected chi connectivity index (χ3v) is 6.51. The van der Waals surface area contributed by atoms with Crippen LogP contribution < -0.4 is 0 Å². The summed E-state index contributed by atoms with van der Waals surface area (Å²) in [5, 5.41) is 0. The smallest absolute Gasteiger partial charge is 0.123 e. The number of hydrogen-bond acceptors (Lipinski definition) is 2. The number of aromatic nitrogens is 2. The van der Waals surface area contributed by atoms with Crippen molar-refractivity contribution >= 4 is 5.57 Å². The first-order valence-electron chi connectivity index (χ1n) is 11.2. The van der Waals surface area contributed by atoms with Gasteiger partial charge in [0.2, 0.25) is 0 Å². The first kappa shape index (κ1) is 20.0. The van der Waals surface area contributed by atoms with E-state index in [4.69, 9.17) is 0 Å². The van der Waals surface area contributed by atoms with Crippen LogP contribution in [0.3, 0.4) is 0 Å². The molecule has 5 rings (SSSR count). The minimum absolute atomic E-state index is 0.218. The van der Waals surface area contributed by atoms with Crippen molar-refractivity contribution < 1.29 is 4.39 Å². The maximum Gasteiger partial charge on any atom is 0.123 e. The molecule has 0 bridgehead atoms. The van der Waals surface area contributed by atoms with E-state index in [0.717, 1.165) is 54.9 Å². The standard InChI is InChI=1S/C27H28FN3/c1-3-4-19-15-24-16-22(11-14-31(24)17-19)25-18(2)30-27(21-5-7-23(28)8-6-21)26(25)20-9-12-29-13-10-20/h4-10,12-13,16,24,30H,3,11,14-15,17H2,1-2H3/b19-4+. The molecule has 4 heterocycles. The molecule has 3 aromatic rings. The largest absolute Gasteiger partial charge is 0.358 e. The average Bonchev–Trinajstić information content (AvgIpc) is 3.34. The molecule has 1 N–H and O–H groups in total. The molecule has 1 unspecified atom stereocenters. The zero-order valence-corrected chi connectivity index (χ0v) is 18.2. The van der Waals surface area contributed by atoms with E-state index >= 15 is 0 Å². The van der Waals surface area contributed by atoms with Gasteiger partial charge in [0.05, 0.1) is 5.69 Å². The highest BCUT2D eigenvalue weighted by molar-refractivity contribution is 5.93. The number of fused-ring (bicyclic) bond motifs is 1. The molecule has 158 valence electrons. The maximum atomic E-state index is 13.6. The Bertz CT molecular complexity index is 1140. The van der Waals surface area contributed by atoms with E-state index in [1.807, 2.05) is 24.5 Å². The van der Waals surface area contributed by atoms with Gasteiger partial charge in [0, 0.05) is 48.3 Å². The lowest BCUT2D eigenvalue weighted by atomic mass is 9.89. The molecule has 1 aromatic carbocycles. The molecule has 0 aliphatic carbocycles. The van der Waals surface area contributed by atoms with E-state index in [2.05, 4.69) is 53.0 Å². The number of benzene rings is 1. The number of aryl methyl sites for hydroxylation is 1. The Morgan fingerprint density at radius 2 is 1.87 bits per heavy atom. The summed E-state index contributed by atoms with van der Waals surface area (Å²) in [6, 6.07) is 11.4. The van der Waals surface area contributed by atoms with Crippen LogP contribution in [0.1, 0.15) is 37.4 Å². The highest BCUT2D eigenvalue weighted by Gasteiger charge is 2.31. The summed E-state index contributed by atoms with van der Waals surface area (Å²) in [5.74, 6) is -0.218. The maximum absolute atomic E-state index is 13.6. The van der Waals surface area contributed by atoms with E-state index < -0.39 is 0 Å². The van der Waals surface area contributed by atoms with Gasteiger partial charge in [-0.3, -0.25) is 9.88 Å². The SMILES string of the molecule is CC/C=C1\CC2C=C(c3c(C)[nH]c(-c4ccc(F)cc4)c3-c3ccncc3)CCN2C1. The van der Waals surface area contributed by atoms with Crippen LogP contribution in [0.2, 0.25) is 0 Å². The zero-order chi connectivity index (χ0) is 21.4. The molecule has 4 heteroatoms. The van der Waals surface area contributed by atoms with Crippen molar-refractivity contribution in [2.24, 2.45) is 0 Å². The Labute approximate surface area is 183 Å². The van der Waals surface area contributed by atoms with Crippen molar-refractivity contribution in [1.82, 2.24) is 14.9 Å². The van der Waals surface area contributed by atoms with Crippen LogP contribution in [0, 0.1) is 12.7 Å². The van der Waals surface area contributed by atoms with Crippen LogP contribution in [0.4, 0.5) is 4.39 Å². The number of halogens is 1. The predicted molar refractivity (Wildman–Crippen MR) is 125 cm³/mol. The van der Waals surface area contributed by atoms with E-state index in [0.29, 0.717) is 6.04 Å². The molecular formula is C27H28FN3. The molecule has 0 saturated carbocycles. The van der Waals surface area contributed by atoms with Crippen LogP contribution >= 0.6 is 0 Å². The third kappa shape index (κ3) is 3.77. The second-order valence-corrected chi connectivity index (χ2v) is 8.57. The number of pyridine rings is 1. The highest BCUT2D eigenvalue weighted by Crippen LogP contribution is 2.43. The van der Waals surface area contributed by atoms with Gasteiger partial charge >= 0.3 is 0 Å². The normalized spacial score (nSPS) is 20.2. The third-order valence-electron chi connectivity index (χ3n) is 6.51. The van der Waals surface area contributed by atoms with Crippen molar-refractivity contribution in [2.45, 2.75) is 39.2 Å². The van der Waals surface area contributed by atoms with Crippen molar-refractivity contribution in [3.63, 3.8) is 0 Å². The van der Waals surface area contributed by atoms with Gasteiger partial charge in [-0.15, -0.1) is 0 Å². The number of rotatable bonds is 4. The summed E-state index contributed by atoms with van der Waals surface area (Å²) >= 11 is 0. The molecule has 2 aromatic heterocycles. The molecule has 31 heavy (non-hydrogen) atoms. The van der Waals surface area contributed by atoms with E-state index in [9.17, 15) is 4.39 Å². The molecule has 0 spiro atoms. The summed E-state index contributed by atoms with van der Waals surface area (Å²) < 4.78 is 13.6. The molecule has 0 radical (unpaired) electrons. The summed E-state index contributed by atoms with van der Waals surface area (Å²) in [4.78, 5) is 10.4. The van der Waals surface area contributed by atoms with Gasteiger partial charge in [-0.25, -0.2) is 4.39 Å². The fourth-order valence-corrected chi connectivity index (χ4v) is 5.14. The van der Waals surface area contributed by atoms with Crippen LogP contribution in [0.5, 0.6) is 0 Å². The van der Waals surface area contributed by atoms with E-state index in [-0.39, 0.29) is 5.82 Å². The second kappa shape index (κ2) is 8.27. The molecule has 3 nitrogen and oxygen atoms in total. The van der Waals surface area contributed by atoms with Crippen molar-refractivity contribution in [2.75, 3.05) is 13.1 Å². The second-order valence-electron chi connectivity index (χ2n) is 8.57. The van der Waals surface area contributed by atoms with Gasteiger partial charge in [0.15, 0.2) is 0 Å². The van der Waals surface area contributed by atoms with Gasteiger partial charge in [0.1, 0.15) is 5.82 Å². The van der Waals surface area contributed by atoms with Gasteiger partial charge in [-0.05, 0) is 79.3 Å². The quantitative estimate of drug-likeness (QED) is 0.503. The molecule has 1 atom stereocenters. The van der Waals surface area contributed by atoms with E-state index in [1.54, 1.807) is 5.57 Å². The molecule has 0 amide bonds. The Morgan fingerprint density at radius 1 is 1.10 bits per heavy atom. The number of H-pyrrole nitrogens is 1.